The van der Waals surface area contributed by atoms with Gasteiger partial charge >= 0.3 is 6.09 Å². The molecule has 2 heterocycles. The second kappa shape index (κ2) is 3.14. The monoisotopic (exact) mass is 195 g/mol. The standard InChI is InChI=1S/C11H17NO2/c13-11-12-6-9-4-2-1-3-8(9)5-10(12)7-14-11/h8-10H,1-7H2. The highest BCUT2D eigenvalue weighted by molar-refractivity contribution is 5.70. The summed E-state index contributed by atoms with van der Waals surface area (Å²) in [5.41, 5.74) is 0. The zero-order valence-corrected chi connectivity index (χ0v) is 8.45. The number of nitrogens with zero attached hydrogens (tertiary/aromatic N) is 1. The number of fused-ring (bicyclic) bond motifs is 2. The Bertz CT molecular complexity index is 254. The number of rotatable bonds is 0. The van der Waals surface area contributed by atoms with Gasteiger partial charge in [-0.2, -0.15) is 0 Å². The molecule has 3 aliphatic rings. The van der Waals surface area contributed by atoms with Gasteiger partial charge in [-0.25, -0.2) is 4.79 Å². The van der Waals surface area contributed by atoms with Crippen LogP contribution in [0, 0.1) is 11.8 Å². The Hall–Kier alpha value is -0.730. The Kier molecular flexibility index (Phi) is 1.92. The highest BCUT2D eigenvalue weighted by Gasteiger charge is 2.43. The first-order valence-electron chi connectivity index (χ1n) is 5.78. The maximum Gasteiger partial charge on any atom is 0.410 e. The third kappa shape index (κ3) is 1.22. The Morgan fingerprint density at radius 3 is 2.86 bits per heavy atom. The van der Waals surface area contributed by atoms with E-state index in [4.69, 9.17) is 4.74 Å². The van der Waals surface area contributed by atoms with Crippen LogP contribution in [0.3, 0.4) is 0 Å². The molecule has 2 saturated heterocycles. The third-order valence-corrected chi connectivity index (χ3v) is 4.15. The largest absolute Gasteiger partial charge is 0.447 e. The topological polar surface area (TPSA) is 29.5 Å². The summed E-state index contributed by atoms with van der Waals surface area (Å²) >= 11 is 0. The Balaban J connectivity index is 1.75. The highest BCUT2D eigenvalue weighted by atomic mass is 16.6. The number of piperidine rings is 1. The van der Waals surface area contributed by atoms with E-state index in [1.54, 1.807) is 0 Å². The van der Waals surface area contributed by atoms with Gasteiger partial charge in [0.25, 0.3) is 0 Å². The van der Waals surface area contributed by atoms with E-state index in [2.05, 4.69) is 0 Å². The molecule has 1 aliphatic carbocycles. The van der Waals surface area contributed by atoms with Crippen LogP contribution in [-0.4, -0.2) is 30.2 Å². The Morgan fingerprint density at radius 2 is 2.00 bits per heavy atom. The quantitative estimate of drug-likeness (QED) is 0.591. The molecular weight excluding hydrogens is 178 g/mol. The maximum absolute atomic E-state index is 11.4. The van der Waals surface area contributed by atoms with Crippen molar-refractivity contribution in [2.75, 3.05) is 13.2 Å². The molecule has 14 heavy (non-hydrogen) atoms. The van der Waals surface area contributed by atoms with Gasteiger partial charge in [-0.05, 0) is 24.7 Å². The molecule has 3 nitrogen and oxygen atoms in total. The van der Waals surface area contributed by atoms with E-state index >= 15 is 0 Å². The summed E-state index contributed by atoms with van der Waals surface area (Å²) in [5.74, 6) is 1.64. The van der Waals surface area contributed by atoms with Gasteiger partial charge < -0.3 is 9.64 Å². The first-order chi connectivity index (χ1) is 6.84. The molecule has 3 atom stereocenters. The number of amides is 1. The molecule has 1 amide bonds. The highest BCUT2D eigenvalue weighted by Crippen LogP contribution is 2.40. The molecule has 0 N–H and O–H groups in total. The fraction of sp³-hybridized carbons (Fsp3) is 0.909. The fourth-order valence-corrected chi connectivity index (χ4v) is 3.35. The van der Waals surface area contributed by atoms with Crippen molar-refractivity contribution in [2.24, 2.45) is 11.8 Å². The van der Waals surface area contributed by atoms with Crippen LogP contribution >= 0.6 is 0 Å². The van der Waals surface area contributed by atoms with Gasteiger partial charge in [0.1, 0.15) is 6.61 Å². The molecule has 3 rings (SSSR count). The van der Waals surface area contributed by atoms with E-state index in [1.165, 1.54) is 32.1 Å². The van der Waals surface area contributed by atoms with Gasteiger partial charge in [-0.3, -0.25) is 0 Å². The van der Waals surface area contributed by atoms with Crippen LogP contribution in [0.1, 0.15) is 32.1 Å². The molecule has 0 aromatic heterocycles. The lowest BCUT2D eigenvalue weighted by Crippen LogP contribution is -2.47. The Morgan fingerprint density at radius 1 is 1.21 bits per heavy atom. The van der Waals surface area contributed by atoms with Crippen molar-refractivity contribution in [1.82, 2.24) is 4.90 Å². The predicted molar refractivity (Wildman–Crippen MR) is 51.9 cm³/mol. The van der Waals surface area contributed by atoms with Crippen molar-refractivity contribution in [1.29, 1.82) is 0 Å². The molecule has 3 heteroatoms. The molecule has 78 valence electrons. The minimum Gasteiger partial charge on any atom is -0.447 e. The minimum absolute atomic E-state index is 0.0703. The van der Waals surface area contributed by atoms with Crippen molar-refractivity contribution in [3.63, 3.8) is 0 Å². The van der Waals surface area contributed by atoms with E-state index in [1.807, 2.05) is 4.90 Å². The first-order valence-corrected chi connectivity index (χ1v) is 5.78. The van der Waals surface area contributed by atoms with Crippen LogP contribution in [0.5, 0.6) is 0 Å². The average molecular weight is 195 g/mol. The van der Waals surface area contributed by atoms with Crippen molar-refractivity contribution < 1.29 is 9.53 Å². The fourth-order valence-electron chi connectivity index (χ4n) is 3.35. The first kappa shape index (κ1) is 8.57. The van der Waals surface area contributed by atoms with E-state index in [-0.39, 0.29) is 6.09 Å². The molecule has 1 saturated carbocycles. The van der Waals surface area contributed by atoms with Crippen LogP contribution in [0.4, 0.5) is 4.79 Å². The van der Waals surface area contributed by atoms with E-state index in [0.29, 0.717) is 12.6 Å². The number of ether oxygens (including phenoxy) is 1. The molecule has 0 bridgehead atoms. The summed E-state index contributed by atoms with van der Waals surface area (Å²) in [7, 11) is 0. The maximum atomic E-state index is 11.4. The number of hydrogen-bond acceptors (Lipinski definition) is 2. The van der Waals surface area contributed by atoms with Crippen LogP contribution < -0.4 is 0 Å². The summed E-state index contributed by atoms with van der Waals surface area (Å²) in [4.78, 5) is 13.4. The van der Waals surface area contributed by atoms with Gasteiger partial charge in [-0.15, -0.1) is 0 Å². The third-order valence-electron chi connectivity index (χ3n) is 4.15. The van der Waals surface area contributed by atoms with Crippen LogP contribution in [0.25, 0.3) is 0 Å². The van der Waals surface area contributed by atoms with Gasteiger partial charge in [0.15, 0.2) is 0 Å². The number of cyclic esters (lactones) is 1. The van der Waals surface area contributed by atoms with Crippen molar-refractivity contribution in [3.8, 4) is 0 Å². The molecule has 0 spiro atoms. The lowest BCUT2D eigenvalue weighted by atomic mass is 9.73. The summed E-state index contributed by atoms with van der Waals surface area (Å²) in [5, 5.41) is 0. The van der Waals surface area contributed by atoms with Gasteiger partial charge in [0, 0.05) is 6.54 Å². The lowest BCUT2D eigenvalue weighted by molar-refractivity contribution is 0.0831. The lowest BCUT2D eigenvalue weighted by Gasteiger charge is -2.41. The number of carbonyl (C=O) groups is 1. The molecule has 2 aliphatic heterocycles. The molecule has 3 fully saturated rings. The van der Waals surface area contributed by atoms with Gasteiger partial charge in [0.05, 0.1) is 6.04 Å². The van der Waals surface area contributed by atoms with Crippen LogP contribution in [-0.2, 0) is 4.74 Å². The summed E-state index contributed by atoms with van der Waals surface area (Å²) < 4.78 is 5.09. The molecule has 0 aromatic rings. The Labute approximate surface area is 84.4 Å². The van der Waals surface area contributed by atoms with E-state index < -0.39 is 0 Å². The summed E-state index contributed by atoms with van der Waals surface area (Å²) in [6, 6.07) is 0.404. The molecule has 0 aromatic carbocycles. The van der Waals surface area contributed by atoms with Crippen molar-refractivity contribution in [3.05, 3.63) is 0 Å². The average Bonchev–Trinajstić information content (AvgIpc) is 2.57. The second-order valence-electron chi connectivity index (χ2n) is 4.92. The number of carbonyl (C=O) groups excluding carboxylic acids is 1. The SMILES string of the molecule is O=C1OCC2CC3CCCCC3CN12. The smallest absolute Gasteiger partial charge is 0.410 e. The van der Waals surface area contributed by atoms with E-state index in [0.717, 1.165) is 18.4 Å². The van der Waals surface area contributed by atoms with Crippen molar-refractivity contribution in [2.45, 2.75) is 38.1 Å². The predicted octanol–water partition coefficient (Wildman–Crippen LogP) is 2.02. The normalized spacial score (nSPS) is 41.6. The molecular formula is C11H17NO2. The van der Waals surface area contributed by atoms with Gasteiger partial charge in [0.2, 0.25) is 0 Å². The van der Waals surface area contributed by atoms with E-state index in [9.17, 15) is 4.79 Å². The summed E-state index contributed by atoms with van der Waals surface area (Å²) in [6.45, 7) is 1.61. The van der Waals surface area contributed by atoms with Gasteiger partial charge in [-0.1, -0.05) is 19.3 Å². The summed E-state index contributed by atoms with van der Waals surface area (Å²) in [6.07, 6.45) is 6.57. The number of hydrogen-bond donors (Lipinski definition) is 0. The zero-order chi connectivity index (χ0) is 9.54. The van der Waals surface area contributed by atoms with Crippen LogP contribution in [0.15, 0.2) is 0 Å². The molecule has 3 unspecified atom stereocenters. The van der Waals surface area contributed by atoms with Crippen LogP contribution in [0.2, 0.25) is 0 Å². The zero-order valence-electron chi connectivity index (χ0n) is 8.45. The minimum atomic E-state index is -0.0703. The molecule has 0 radical (unpaired) electrons. The van der Waals surface area contributed by atoms with Crippen molar-refractivity contribution >= 4 is 6.09 Å². The second-order valence-corrected chi connectivity index (χ2v) is 4.92.